The Bertz CT molecular complexity index is 1170. The predicted molar refractivity (Wildman–Crippen MR) is 144 cm³/mol. The number of hydrogen-bond donors (Lipinski definition) is 0. The fourth-order valence-corrected chi connectivity index (χ4v) is 7.16. The van der Waals surface area contributed by atoms with Gasteiger partial charge in [0.2, 0.25) is 0 Å². The average molecular weight is 514 g/mol. The van der Waals surface area contributed by atoms with Gasteiger partial charge in [-0.1, -0.05) is 55.2 Å². The highest BCUT2D eigenvalue weighted by molar-refractivity contribution is 7.80. The molecule has 0 bridgehead atoms. The molecule has 1 unspecified atom stereocenters. The van der Waals surface area contributed by atoms with Crippen LogP contribution >= 0.6 is 12.2 Å². The molecule has 2 heterocycles. The minimum Gasteiger partial charge on any atom is -0.293 e. The van der Waals surface area contributed by atoms with Crippen molar-refractivity contribution in [3.05, 3.63) is 58.7 Å². The molecule has 2 aromatic rings. The highest BCUT2D eigenvalue weighted by Crippen LogP contribution is 2.51. The highest BCUT2D eigenvalue weighted by atomic mass is 32.1. The molecule has 192 valence electrons. The number of hydrogen-bond acceptors (Lipinski definition) is 3. The van der Waals surface area contributed by atoms with Gasteiger partial charge in [-0.3, -0.25) is 9.80 Å². The van der Waals surface area contributed by atoms with Gasteiger partial charge in [-0.05, 0) is 88.9 Å². The lowest BCUT2D eigenvalue weighted by Crippen LogP contribution is -2.49. The number of amidine groups is 1. The average Bonchev–Trinajstić information content (AvgIpc) is 3.42. The summed E-state index contributed by atoms with van der Waals surface area (Å²) in [6.45, 7) is 8.12. The van der Waals surface area contributed by atoms with Crippen LogP contribution in [0.15, 0.2) is 41.4 Å². The molecule has 1 aliphatic carbocycles. The first-order valence-electron chi connectivity index (χ1n) is 13.0. The number of benzene rings is 2. The zero-order valence-corrected chi connectivity index (χ0v) is 22.1. The molecule has 2 saturated heterocycles. The van der Waals surface area contributed by atoms with Crippen LogP contribution in [0.4, 0.5) is 24.5 Å². The standard InChI is InChI=1S/C29H34F3N3S/c1-19-16-20(2)24(21(3)17-19)33-26-25(34-14-7-8-15-34)28(12-5-4-6-13-28)27(36)35(26)23-11-9-10-22(18-23)29(30,31)32/h9-11,16-18,25H,4-8,12-15H2,1-3H3. The summed E-state index contributed by atoms with van der Waals surface area (Å²) in [5.41, 5.74) is 3.73. The summed E-state index contributed by atoms with van der Waals surface area (Å²) in [5.74, 6) is 0.790. The summed E-state index contributed by atoms with van der Waals surface area (Å²) >= 11 is 6.22. The number of aryl methyl sites for hydroxylation is 3. The number of rotatable bonds is 3. The first-order chi connectivity index (χ1) is 17.1. The van der Waals surface area contributed by atoms with Crippen molar-refractivity contribution in [2.45, 2.75) is 77.9 Å². The third kappa shape index (κ3) is 4.38. The van der Waals surface area contributed by atoms with Gasteiger partial charge in [0.05, 0.1) is 22.3 Å². The molecule has 1 spiro atoms. The van der Waals surface area contributed by atoms with Crippen LogP contribution in [0, 0.1) is 26.2 Å². The Morgan fingerprint density at radius 2 is 1.56 bits per heavy atom. The number of halogens is 3. The van der Waals surface area contributed by atoms with E-state index in [4.69, 9.17) is 17.2 Å². The molecule has 0 aromatic heterocycles. The van der Waals surface area contributed by atoms with E-state index in [0.717, 1.165) is 85.3 Å². The number of nitrogens with zero attached hydrogens (tertiary/aromatic N) is 3. The first kappa shape index (κ1) is 25.4. The zero-order valence-electron chi connectivity index (χ0n) is 21.3. The lowest BCUT2D eigenvalue weighted by atomic mass is 9.70. The van der Waals surface area contributed by atoms with Gasteiger partial charge in [-0.25, -0.2) is 4.99 Å². The van der Waals surface area contributed by atoms with Gasteiger partial charge in [-0.2, -0.15) is 13.2 Å². The monoisotopic (exact) mass is 513 g/mol. The fraction of sp³-hybridized carbons (Fsp3) is 0.517. The smallest absolute Gasteiger partial charge is 0.293 e. The molecule has 0 N–H and O–H groups in total. The maximum atomic E-state index is 13.7. The SMILES string of the molecule is Cc1cc(C)c(N=C2C(N3CCCC3)C3(CCCCC3)C(=S)N2c2cccc(C(F)(F)F)c2)c(C)c1. The van der Waals surface area contributed by atoms with Crippen LogP contribution in [-0.4, -0.2) is 34.9 Å². The summed E-state index contributed by atoms with van der Waals surface area (Å²) in [6, 6.07) is 9.81. The second kappa shape index (κ2) is 9.56. The van der Waals surface area contributed by atoms with E-state index in [1.807, 2.05) is 4.90 Å². The van der Waals surface area contributed by atoms with E-state index in [1.165, 1.54) is 24.1 Å². The van der Waals surface area contributed by atoms with Gasteiger partial charge < -0.3 is 0 Å². The van der Waals surface area contributed by atoms with Gasteiger partial charge in [0.15, 0.2) is 0 Å². The number of anilines is 1. The van der Waals surface area contributed by atoms with E-state index in [-0.39, 0.29) is 11.5 Å². The van der Waals surface area contributed by atoms with E-state index < -0.39 is 11.7 Å². The van der Waals surface area contributed by atoms with E-state index >= 15 is 0 Å². The van der Waals surface area contributed by atoms with Crippen molar-refractivity contribution in [2.24, 2.45) is 10.4 Å². The van der Waals surface area contributed by atoms with Crippen LogP contribution in [0.1, 0.15) is 67.2 Å². The highest BCUT2D eigenvalue weighted by Gasteiger charge is 2.58. The van der Waals surface area contributed by atoms with Gasteiger partial charge >= 0.3 is 6.18 Å². The van der Waals surface area contributed by atoms with Gasteiger partial charge in [0.25, 0.3) is 0 Å². The molecule has 3 aliphatic rings. The molecule has 1 atom stereocenters. The molecule has 5 rings (SSSR count). The molecule has 2 aromatic carbocycles. The van der Waals surface area contributed by atoms with Gasteiger partial charge in [-0.15, -0.1) is 0 Å². The molecule has 0 amide bonds. The van der Waals surface area contributed by atoms with E-state index in [2.05, 4.69) is 37.8 Å². The maximum Gasteiger partial charge on any atom is 0.416 e. The summed E-state index contributed by atoms with van der Waals surface area (Å²) in [4.78, 5) is 10.4. The molecule has 2 aliphatic heterocycles. The summed E-state index contributed by atoms with van der Waals surface area (Å²) in [6.07, 6.45) is 3.06. The largest absolute Gasteiger partial charge is 0.416 e. The van der Waals surface area contributed by atoms with E-state index in [9.17, 15) is 13.2 Å². The molecule has 3 nitrogen and oxygen atoms in total. The Morgan fingerprint density at radius 3 is 2.17 bits per heavy atom. The van der Waals surface area contributed by atoms with Crippen molar-refractivity contribution in [1.29, 1.82) is 0 Å². The molecule has 3 fully saturated rings. The summed E-state index contributed by atoms with van der Waals surface area (Å²) in [7, 11) is 0. The second-order valence-electron chi connectivity index (χ2n) is 10.8. The Hall–Kier alpha value is -2.25. The van der Waals surface area contributed by atoms with Crippen molar-refractivity contribution in [1.82, 2.24) is 4.90 Å². The van der Waals surface area contributed by atoms with Crippen LogP contribution in [0.25, 0.3) is 0 Å². The van der Waals surface area contributed by atoms with Crippen molar-refractivity contribution in [3.8, 4) is 0 Å². The topological polar surface area (TPSA) is 18.8 Å². The molecular formula is C29H34F3N3S. The zero-order chi connectivity index (χ0) is 25.7. The van der Waals surface area contributed by atoms with Crippen LogP contribution in [0.3, 0.4) is 0 Å². The second-order valence-corrected chi connectivity index (χ2v) is 11.2. The number of thiocarbonyl (C=S) groups is 1. The minimum atomic E-state index is -4.42. The first-order valence-corrected chi connectivity index (χ1v) is 13.4. The number of aliphatic imine (C=N–C) groups is 1. The molecule has 7 heteroatoms. The van der Waals surface area contributed by atoms with E-state index in [0.29, 0.717) is 5.69 Å². The van der Waals surface area contributed by atoms with Crippen molar-refractivity contribution >= 4 is 34.4 Å². The minimum absolute atomic E-state index is 0.0255. The quantitative estimate of drug-likeness (QED) is 0.389. The molecule has 36 heavy (non-hydrogen) atoms. The normalized spacial score (nSPS) is 23.8. The summed E-state index contributed by atoms with van der Waals surface area (Å²) < 4.78 is 41.2. The summed E-state index contributed by atoms with van der Waals surface area (Å²) in [5, 5.41) is 0. The van der Waals surface area contributed by atoms with Crippen molar-refractivity contribution < 1.29 is 13.2 Å². The third-order valence-corrected chi connectivity index (χ3v) is 8.76. The third-order valence-electron chi connectivity index (χ3n) is 8.17. The Kier molecular flexibility index (Phi) is 6.75. The van der Waals surface area contributed by atoms with Crippen LogP contribution in [-0.2, 0) is 6.18 Å². The van der Waals surface area contributed by atoms with Gasteiger partial charge in [0, 0.05) is 11.1 Å². The number of likely N-dealkylation sites (tertiary alicyclic amines) is 1. The Morgan fingerprint density at radius 1 is 0.917 bits per heavy atom. The number of alkyl halides is 3. The maximum absolute atomic E-state index is 13.7. The van der Waals surface area contributed by atoms with Crippen LogP contribution in [0.5, 0.6) is 0 Å². The molecule has 0 radical (unpaired) electrons. The van der Waals surface area contributed by atoms with Crippen molar-refractivity contribution in [2.75, 3.05) is 18.0 Å². The Balaban J connectivity index is 1.74. The van der Waals surface area contributed by atoms with Gasteiger partial charge in [0.1, 0.15) is 5.84 Å². The molecule has 1 saturated carbocycles. The lowest BCUT2D eigenvalue weighted by molar-refractivity contribution is -0.137. The lowest BCUT2D eigenvalue weighted by Gasteiger charge is -2.41. The Labute approximate surface area is 217 Å². The van der Waals surface area contributed by atoms with Crippen LogP contribution < -0.4 is 4.90 Å². The molecular weight excluding hydrogens is 479 g/mol. The fourth-order valence-electron chi connectivity index (χ4n) is 6.64. The van der Waals surface area contributed by atoms with Crippen molar-refractivity contribution in [3.63, 3.8) is 0 Å². The predicted octanol–water partition coefficient (Wildman–Crippen LogP) is 7.92. The van der Waals surface area contributed by atoms with E-state index in [1.54, 1.807) is 6.07 Å². The van der Waals surface area contributed by atoms with Crippen LogP contribution in [0.2, 0.25) is 0 Å².